The highest BCUT2D eigenvalue weighted by Gasteiger charge is 2.14. The first-order valence-electron chi connectivity index (χ1n) is 5.67. The third-order valence-corrected chi connectivity index (χ3v) is 2.56. The minimum atomic E-state index is -0.773. The molecule has 0 fully saturated rings. The third kappa shape index (κ3) is 6.40. The first-order chi connectivity index (χ1) is 7.51. The average Bonchev–Trinajstić information content (AvgIpc) is 2.26. The van der Waals surface area contributed by atoms with Crippen LogP contribution < -0.4 is 5.32 Å². The lowest BCUT2D eigenvalue weighted by Crippen LogP contribution is -2.33. The van der Waals surface area contributed by atoms with Crippen LogP contribution in [0.4, 0.5) is 0 Å². The highest BCUT2D eigenvalue weighted by molar-refractivity contribution is 5.75. The molecule has 94 valence electrons. The molecule has 0 aromatic heterocycles. The van der Waals surface area contributed by atoms with E-state index in [2.05, 4.69) is 10.2 Å². The van der Waals surface area contributed by atoms with E-state index in [1.54, 1.807) is 14.0 Å². The Hall–Kier alpha value is -1.10. The maximum absolute atomic E-state index is 11.0. The van der Waals surface area contributed by atoms with Gasteiger partial charge in [0.25, 0.3) is 0 Å². The Balaban J connectivity index is 3.83. The van der Waals surface area contributed by atoms with Crippen LogP contribution in [0.1, 0.15) is 26.7 Å². The van der Waals surface area contributed by atoms with E-state index in [-0.39, 0.29) is 11.8 Å². The van der Waals surface area contributed by atoms with Crippen LogP contribution in [0.3, 0.4) is 0 Å². The first kappa shape index (κ1) is 14.9. The molecule has 0 radical (unpaired) electrons. The second-order valence-electron chi connectivity index (χ2n) is 3.91. The zero-order valence-electron chi connectivity index (χ0n) is 10.3. The molecule has 0 aromatic carbocycles. The highest BCUT2D eigenvalue weighted by atomic mass is 16.4. The number of aliphatic carboxylic acids is 1. The second-order valence-corrected chi connectivity index (χ2v) is 3.91. The maximum atomic E-state index is 11.0. The van der Waals surface area contributed by atoms with Crippen molar-refractivity contribution >= 4 is 11.9 Å². The van der Waals surface area contributed by atoms with Crippen molar-refractivity contribution in [2.75, 3.05) is 26.7 Å². The van der Waals surface area contributed by atoms with Crippen LogP contribution in [0.25, 0.3) is 0 Å². The van der Waals surface area contributed by atoms with Crippen molar-refractivity contribution in [1.29, 1.82) is 0 Å². The van der Waals surface area contributed by atoms with Crippen molar-refractivity contribution < 1.29 is 14.7 Å². The summed E-state index contributed by atoms with van der Waals surface area (Å²) >= 11 is 0. The number of rotatable bonds is 8. The summed E-state index contributed by atoms with van der Waals surface area (Å²) in [6, 6.07) is 0. The van der Waals surface area contributed by atoms with Crippen LogP contribution in [0.5, 0.6) is 0 Å². The van der Waals surface area contributed by atoms with Gasteiger partial charge in [0.05, 0.1) is 5.92 Å². The van der Waals surface area contributed by atoms with Crippen molar-refractivity contribution in [1.82, 2.24) is 10.2 Å². The van der Waals surface area contributed by atoms with E-state index in [0.717, 1.165) is 19.5 Å². The fourth-order valence-corrected chi connectivity index (χ4v) is 1.43. The number of hydrogen-bond donors (Lipinski definition) is 2. The molecule has 16 heavy (non-hydrogen) atoms. The van der Waals surface area contributed by atoms with Crippen LogP contribution in [0.15, 0.2) is 0 Å². The molecule has 0 aliphatic heterocycles. The summed E-state index contributed by atoms with van der Waals surface area (Å²) in [6.45, 7) is 5.81. The fraction of sp³-hybridized carbons (Fsp3) is 0.818. The molecule has 0 heterocycles. The quantitative estimate of drug-likeness (QED) is 0.639. The molecule has 0 bridgehead atoms. The molecule has 1 amide bonds. The predicted molar refractivity (Wildman–Crippen MR) is 62.2 cm³/mol. The summed E-state index contributed by atoms with van der Waals surface area (Å²) < 4.78 is 0. The Labute approximate surface area is 96.8 Å². The van der Waals surface area contributed by atoms with Crippen LogP contribution in [0, 0.1) is 5.92 Å². The zero-order chi connectivity index (χ0) is 12.6. The number of carboxylic acids is 1. The van der Waals surface area contributed by atoms with E-state index in [0.29, 0.717) is 13.0 Å². The van der Waals surface area contributed by atoms with Gasteiger partial charge in [0.1, 0.15) is 0 Å². The number of nitrogens with zero attached hydrogens (tertiary/aromatic N) is 1. The van der Waals surface area contributed by atoms with Crippen molar-refractivity contribution in [3.8, 4) is 0 Å². The second kappa shape index (κ2) is 8.10. The van der Waals surface area contributed by atoms with E-state index in [4.69, 9.17) is 5.11 Å². The lowest BCUT2D eigenvalue weighted by Gasteiger charge is -2.22. The van der Waals surface area contributed by atoms with Gasteiger partial charge in [-0.3, -0.25) is 9.59 Å². The van der Waals surface area contributed by atoms with E-state index >= 15 is 0 Å². The fourth-order valence-electron chi connectivity index (χ4n) is 1.43. The van der Waals surface area contributed by atoms with Crippen LogP contribution in [0.2, 0.25) is 0 Å². The van der Waals surface area contributed by atoms with Crippen molar-refractivity contribution in [2.45, 2.75) is 26.7 Å². The van der Waals surface area contributed by atoms with Crippen molar-refractivity contribution in [2.24, 2.45) is 5.92 Å². The lowest BCUT2D eigenvalue weighted by atomic mass is 10.1. The molecule has 1 atom stereocenters. The summed E-state index contributed by atoms with van der Waals surface area (Å²) in [7, 11) is 1.62. The minimum absolute atomic E-state index is 0.0299. The van der Waals surface area contributed by atoms with E-state index in [9.17, 15) is 9.59 Å². The summed E-state index contributed by atoms with van der Waals surface area (Å²) in [5, 5.41) is 11.4. The number of amides is 1. The minimum Gasteiger partial charge on any atom is -0.481 e. The van der Waals surface area contributed by atoms with Gasteiger partial charge in [-0.2, -0.15) is 0 Å². The highest BCUT2D eigenvalue weighted by Crippen LogP contribution is 2.02. The summed E-state index contributed by atoms with van der Waals surface area (Å²) in [4.78, 5) is 23.7. The van der Waals surface area contributed by atoms with Gasteiger partial charge in [-0.25, -0.2) is 0 Å². The molecule has 0 aliphatic rings. The SMILES string of the molecule is CCN(CCCC(=O)NC)CC(C)C(=O)O. The first-order valence-corrected chi connectivity index (χ1v) is 5.67. The van der Waals surface area contributed by atoms with E-state index in [1.807, 2.05) is 6.92 Å². The largest absolute Gasteiger partial charge is 0.481 e. The van der Waals surface area contributed by atoms with Gasteiger partial charge < -0.3 is 15.3 Å². The zero-order valence-corrected chi connectivity index (χ0v) is 10.3. The number of carboxylic acid groups (broad SMARTS) is 1. The van der Waals surface area contributed by atoms with Gasteiger partial charge in [0.2, 0.25) is 5.91 Å². The molecule has 0 aromatic rings. The molecular weight excluding hydrogens is 208 g/mol. The van der Waals surface area contributed by atoms with Crippen molar-refractivity contribution in [3.05, 3.63) is 0 Å². The summed E-state index contributed by atoms with van der Waals surface area (Å²) in [5.41, 5.74) is 0. The van der Waals surface area contributed by atoms with Gasteiger partial charge in [-0.1, -0.05) is 13.8 Å². The number of carbonyl (C=O) groups is 2. The molecule has 0 aliphatic carbocycles. The Kier molecular flexibility index (Phi) is 7.54. The smallest absolute Gasteiger partial charge is 0.307 e. The standard InChI is InChI=1S/C11H22N2O3/c1-4-13(8-9(2)11(15)16)7-5-6-10(14)12-3/h9H,4-8H2,1-3H3,(H,12,14)(H,15,16). The summed E-state index contributed by atoms with van der Waals surface area (Å²) in [6.07, 6.45) is 1.26. The van der Waals surface area contributed by atoms with Crippen molar-refractivity contribution in [3.63, 3.8) is 0 Å². The molecule has 0 spiro atoms. The van der Waals surface area contributed by atoms with E-state index < -0.39 is 5.97 Å². The summed E-state index contributed by atoms with van der Waals surface area (Å²) in [5.74, 6) is -1.10. The molecule has 1 unspecified atom stereocenters. The monoisotopic (exact) mass is 230 g/mol. The van der Waals surface area contributed by atoms with Gasteiger partial charge in [0, 0.05) is 20.0 Å². The molecule has 0 saturated heterocycles. The van der Waals surface area contributed by atoms with E-state index in [1.165, 1.54) is 0 Å². The Bertz CT molecular complexity index is 231. The molecule has 0 rings (SSSR count). The van der Waals surface area contributed by atoms with Gasteiger partial charge in [0.15, 0.2) is 0 Å². The van der Waals surface area contributed by atoms with Crippen LogP contribution in [-0.4, -0.2) is 48.6 Å². The molecule has 5 nitrogen and oxygen atoms in total. The normalized spacial score (nSPS) is 12.5. The Morgan fingerprint density at radius 2 is 2.06 bits per heavy atom. The predicted octanol–water partition coefficient (Wildman–Crippen LogP) is 0.555. The number of carbonyl (C=O) groups excluding carboxylic acids is 1. The lowest BCUT2D eigenvalue weighted by molar-refractivity contribution is -0.141. The molecule has 5 heteroatoms. The van der Waals surface area contributed by atoms with Crippen LogP contribution in [-0.2, 0) is 9.59 Å². The Morgan fingerprint density at radius 1 is 1.44 bits per heavy atom. The maximum Gasteiger partial charge on any atom is 0.307 e. The molecule has 2 N–H and O–H groups in total. The topological polar surface area (TPSA) is 69.6 Å². The number of nitrogens with one attached hydrogen (secondary N) is 1. The molecular formula is C11H22N2O3. The van der Waals surface area contributed by atoms with Gasteiger partial charge in [-0.15, -0.1) is 0 Å². The third-order valence-electron chi connectivity index (χ3n) is 2.56. The number of hydrogen-bond acceptors (Lipinski definition) is 3. The molecule has 0 saturated carbocycles. The van der Waals surface area contributed by atoms with Gasteiger partial charge in [-0.05, 0) is 19.5 Å². The average molecular weight is 230 g/mol. The Morgan fingerprint density at radius 3 is 2.50 bits per heavy atom. The van der Waals surface area contributed by atoms with Crippen LogP contribution >= 0.6 is 0 Å². The van der Waals surface area contributed by atoms with Gasteiger partial charge >= 0.3 is 5.97 Å².